The van der Waals surface area contributed by atoms with Crippen molar-refractivity contribution in [3.63, 3.8) is 0 Å². The van der Waals surface area contributed by atoms with Crippen molar-refractivity contribution < 1.29 is 14.3 Å². The largest absolute Gasteiger partial charge is 0.435 e. The van der Waals surface area contributed by atoms with Gasteiger partial charge in [-0.3, -0.25) is 0 Å². The minimum absolute atomic E-state index is 0.398. The van der Waals surface area contributed by atoms with Crippen molar-refractivity contribution in [2.45, 2.75) is 38.5 Å². The van der Waals surface area contributed by atoms with E-state index in [2.05, 4.69) is 15.8 Å². The first-order chi connectivity index (χ1) is 8.54. The lowest BCUT2D eigenvalue weighted by atomic mass is 10.1. The molecule has 0 bridgehead atoms. The van der Waals surface area contributed by atoms with E-state index in [4.69, 9.17) is 10.5 Å². The number of esters is 1. The topological polar surface area (TPSA) is 123 Å². The lowest BCUT2D eigenvalue weighted by Gasteiger charge is -2.17. The van der Waals surface area contributed by atoms with Crippen molar-refractivity contribution in [3.05, 3.63) is 4.91 Å². The minimum Gasteiger partial charge on any atom is -0.435 e. The summed E-state index contributed by atoms with van der Waals surface area (Å²) in [6.07, 6.45) is 0.736. The molecular formula is C10H20N4O4. The molecule has 8 nitrogen and oxygen atoms in total. The van der Waals surface area contributed by atoms with E-state index >= 15 is 0 Å². The summed E-state index contributed by atoms with van der Waals surface area (Å²) in [5, 5.41) is 7.35. The van der Waals surface area contributed by atoms with Gasteiger partial charge in [0.05, 0.1) is 0 Å². The maximum atomic E-state index is 11.7. The summed E-state index contributed by atoms with van der Waals surface area (Å²) >= 11 is 0. The second-order valence-electron chi connectivity index (χ2n) is 3.70. The van der Waals surface area contributed by atoms with Crippen molar-refractivity contribution >= 4 is 12.0 Å². The highest BCUT2D eigenvalue weighted by atomic mass is 16.6. The molecule has 2 amide bonds. The Morgan fingerprint density at radius 3 is 2.56 bits per heavy atom. The molecule has 4 N–H and O–H groups in total. The van der Waals surface area contributed by atoms with Crippen molar-refractivity contribution in [2.75, 3.05) is 13.6 Å². The molecule has 0 heterocycles. The quantitative estimate of drug-likeness (QED) is 0.324. The number of nitrogens with one attached hydrogen (secondary N) is 2. The van der Waals surface area contributed by atoms with Gasteiger partial charge in [0.2, 0.25) is 6.23 Å². The van der Waals surface area contributed by atoms with E-state index in [1.54, 1.807) is 0 Å². The molecular weight excluding hydrogens is 240 g/mol. The zero-order valence-electron chi connectivity index (χ0n) is 10.6. The summed E-state index contributed by atoms with van der Waals surface area (Å²) in [5.74, 6) is -0.678. The number of carbonyl (C=O) groups is 2. The number of hydrogen-bond donors (Lipinski definition) is 3. The van der Waals surface area contributed by atoms with Gasteiger partial charge in [-0.1, -0.05) is 0 Å². The fourth-order valence-electron chi connectivity index (χ4n) is 1.24. The maximum absolute atomic E-state index is 11.7. The van der Waals surface area contributed by atoms with Gasteiger partial charge in [0.15, 0.2) is 0 Å². The highest BCUT2D eigenvalue weighted by Gasteiger charge is 2.23. The monoisotopic (exact) mass is 260 g/mol. The van der Waals surface area contributed by atoms with E-state index < -0.39 is 24.3 Å². The third kappa shape index (κ3) is 6.79. The number of nitroso groups, excluding NO2 is 1. The normalized spacial score (nSPS) is 13.3. The van der Waals surface area contributed by atoms with Crippen LogP contribution < -0.4 is 16.4 Å². The number of urea groups is 1. The van der Waals surface area contributed by atoms with Gasteiger partial charge in [-0.2, -0.15) is 0 Å². The molecule has 0 aliphatic rings. The lowest BCUT2D eigenvalue weighted by molar-refractivity contribution is -0.150. The molecule has 0 saturated carbocycles. The Kier molecular flexibility index (Phi) is 8.46. The second-order valence-corrected chi connectivity index (χ2v) is 3.70. The van der Waals surface area contributed by atoms with Gasteiger partial charge < -0.3 is 21.1 Å². The summed E-state index contributed by atoms with van der Waals surface area (Å²) in [7, 11) is 1.44. The van der Waals surface area contributed by atoms with Crippen molar-refractivity contribution in [2.24, 2.45) is 10.9 Å². The molecule has 18 heavy (non-hydrogen) atoms. The Hall–Kier alpha value is -1.70. The van der Waals surface area contributed by atoms with E-state index in [9.17, 15) is 14.5 Å². The standard InChI is InChI=1S/C10H20N4O4/c1-7(14-17)18-9(15)8(5-3-4-6-11)13-10(16)12-2/h7-8H,3-6,11H2,1-2H3,(H2,12,13,16)/t7?,8-/m0/s1. The van der Waals surface area contributed by atoms with Gasteiger partial charge in [-0.05, 0) is 37.9 Å². The smallest absolute Gasteiger partial charge is 0.330 e. The number of ether oxygens (including phenoxy) is 1. The third-order valence-electron chi connectivity index (χ3n) is 2.20. The first-order valence-electron chi connectivity index (χ1n) is 5.76. The zero-order valence-corrected chi connectivity index (χ0v) is 10.6. The molecule has 0 saturated heterocycles. The predicted molar refractivity (Wildman–Crippen MR) is 65.6 cm³/mol. The molecule has 0 spiro atoms. The van der Waals surface area contributed by atoms with Gasteiger partial charge >= 0.3 is 12.0 Å². The van der Waals surface area contributed by atoms with Crippen molar-refractivity contribution in [3.8, 4) is 0 Å². The molecule has 0 aliphatic heterocycles. The van der Waals surface area contributed by atoms with Crippen LogP contribution in [0.5, 0.6) is 0 Å². The number of hydrogen-bond acceptors (Lipinski definition) is 6. The van der Waals surface area contributed by atoms with Crippen LogP contribution >= 0.6 is 0 Å². The van der Waals surface area contributed by atoms with Crippen LogP contribution in [0.3, 0.4) is 0 Å². The average Bonchev–Trinajstić information content (AvgIpc) is 2.37. The van der Waals surface area contributed by atoms with Crippen LogP contribution in [0.25, 0.3) is 0 Å². The molecule has 0 rings (SSSR count). The van der Waals surface area contributed by atoms with Gasteiger partial charge in [0, 0.05) is 7.05 Å². The van der Waals surface area contributed by atoms with E-state index in [1.807, 2.05) is 0 Å². The Labute approximate surface area is 106 Å². The van der Waals surface area contributed by atoms with Gasteiger partial charge in [-0.25, -0.2) is 9.59 Å². The molecule has 0 fully saturated rings. The van der Waals surface area contributed by atoms with Gasteiger partial charge in [-0.15, -0.1) is 4.91 Å². The molecule has 0 radical (unpaired) electrons. The van der Waals surface area contributed by atoms with Crippen molar-refractivity contribution in [1.29, 1.82) is 0 Å². The van der Waals surface area contributed by atoms with E-state index in [1.165, 1.54) is 14.0 Å². The van der Waals surface area contributed by atoms with Crippen LogP contribution in [0.15, 0.2) is 5.18 Å². The Balaban J connectivity index is 4.37. The van der Waals surface area contributed by atoms with Crippen LogP contribution in [0.1, 0.15) is 26.2 Å². The second kappa shape index (κ2) is 9.34. The first-order valence-corrected chi connectivity index (χ1v) is 5.76. The molecule has 0 aromatic carbocycles. The Bertz CT molecular complexity index is 285. The minimum atomic E-state index is -1.07. The van der Waals surface area contributed by atoms with Crippen molar-refractivity contribution in [1.82, 2.24) is 10.6 Å². The van der Waals surface area contributed by atoms with Crippen LogP contribution in [0, 0.1) is 4.91 Å². The van der Waals surface area contributed by atoms with Crippen LogP contribution in [-0.2, 0) is 9.53 Å². The number of rotatable bonds is 8. The SMILES string of the molecule is CNC(=O)N[C@@H](CCCCN)C(=O)OC(C)N=O. The lowest BCUT2D eigenvalue weighted by Crippen LogP contribution is -2.46. The molecule has 1 unspecified atom stereocenters. The Morgan fingerprint density at radius 1 is 1.39 bits per heavy atom. The van der Waals surface area contributed by atoms with Crippen LogP contribution in [0.4, 0.5) is 4.79 Å². The highest BCUT2D eigenvalue weighted by Crippen LogP contribution is 2.05. The highest BCUT2D eigenvalue weighted by molar-refractivity contribution is 5.83. The van der Waals surface area contributed by atoms with E-state index in [0.29, 0.717) is 19.4 Å². The first kappa shape index (κ1) is 16.3. The number of unbranched alkanes of at least 4 members (excludes halogenated alkanes) is 1. The average molecular weight is 260 g/mol. The van der Waals surface area contributed by atoms with Crippen LogP contribution in [0.2, 0.25) is 0 Å². The number of carbonyl (C=O) groups excluding carboxylic acids is 2. The molecule has 2 atom stereocenters. The maximum Gasteiger partial charge on any atom is 0.330 e. The summed E-state index contributed by atoms with van der Waals surface area (Å²) < 4.78 is 4.75. The summed E-state index contributed by atoms with van der Waals surface area (Å²) in [6.45, 7) is 1.86. The molecule has 0 aromatic rings. The third-order valence-corrected chi connectivity index (χ3v) is 2.20. The summed E-state index contributed by atoms with van der Waals surface area (Å²) in [4.78, 5) is 33.0. The molecule has 8 heteroatoms. The van der Waals surface area contributed by atoms with Crippen LogP contribution in [-0.4, -0.2) is 37.9 Å². The summed E-state index contributed by atoms with van der Waals surface area (Å²) in [5.41, 5.74) is 5.35. The summed E-state index contributed by atoms with van der Waals surface area (Å²) in [6, 6.07) is -1.29. The number of nitrogens with zero attached hydrogens (tertiary/aromatic N) is 1. The fraction of sp³-hybridized carbons (Fsp3) is 0.800. The van der Waals surface area contributed by atoms with Gasteiger partial charge in [0.1, 0.15) is 6.04 Å². The number of nitrogens with two attached hydrogens (primary N) is 1. The van der Waals surface area contributed by atoms with E-state index in [-0.39, 0.29) is 0 Å². The molecule has 104 valence electrons. The molecule has 0 aromatic heterocycles. The van der Waals surface area contributed by atoms with E-state index in [0.717, 1.165) is 6.42 Å². The molecule has 0 aliphatic carbocycles. The predicted octanol–water partition coefficient (Wildman–Crippen LogP) is 0.0686. The Morgan fingerprint density at radius 2 is 2.06 bits per heavy atom. The zero-order chi connectivity index (χ0) is 14.0. The van der Waals surface area contributed by atoms with Gasteiger partial charge in [0.25, 0.3) is 0 Å². The fourth-order valence-corrected chi connectivity index (χ4v) is 1.24. The number of amides is 2.